The van der Waals surface area contributed by atoms with Crippen molar-refractivity contribution in [1.82, 2.24) is 5.32 Å². The second-order valence-corrected chi connectivity index (χ2v) is 5.35. The van der Waals surface area contributed by atoms with E-state index in [0.29, 0.717) is 16.4 Å². The van der Waals surface area contributed by atoms with Crippen LogP contribution in [-0.4, -0.2) is 18.2 Å². The Labute approximate surface area is 139 Å². The highest BCUT2D eigenvalue weighted by molar-refractivity contribution is 7.80. The molecule has 0 bridgehead atoms. The molecule has 0 aromatic heterocycles. The number of methoxy groups -OCH3 is 1. The SMILES string of the molecule is COC(=O)c1cccc(NC(=S)N[C@H](C)c2ccc(F)cc2)c1. The van der Waals surface area contributed by atoms with Crippen molar-refractivity contribution in [3.8, 4) is 0 Å². The second kappa shape index (κ2) is 7.69. The van der Waals surface area contributed by atoms with Gasteiger partial charge in [-0.1, -0.05) is 18.2 Å². The maximum atomic E-state index is 12.9. The first-order chi connectivity index (χ1) is 11.0. The van der Waals surface area contributed by atoms with Gasteiger partial charge in [0.05, 0.1) is 18.7 Å². The standard InChI is InChI=1S/C17H17FN2O2S/c1-11(12-6-8-14(18)9-7-12)19-17(23)20-15-5-3-4-13(10-15)16(21)22-2/h3-11H,1-2H3,(H2,19,20,23)/t11-/m1/s1. The normalized spacial score (nSPS) is 11.4. The van der Waals surface area contributed by atoms with Crippen LogP contribution >= 0.6 is 12.2 Å². The molecule has 0 unspecified atom stereocenters. The van der Waals surface area contributed by atoms with Gasteiger partial charge in [0.2, 0.25) is 0 Å². The highest BCUT2D eigenvalue weighted by Gasteiger charge is 2.09. The summed E-state index contributed by atoms with van der Waals surface area (Å²) in [6.45, 7) is 1.92. The number of anilines is 1. The molecule has 0 fully saturated rings. The van der Waals surface area contributed by atoms with Crippen molar-refractivity contribution in [3.05, 3.63) is 65.5 Å². The van der Waals surface area contributed by atoms with Gasteiger partial charge in [-0.3, -0.25) is 0 Å². The summed E-state index contributed by atoms with van der Waals surface area (Å²) in [5, 5.41) is 6.53. The van der Waals surface area contributed by atoms with Gasteiger partial charge in [0.25, 0.3) is 0 Å². The number of benzene rings is 2. The molecule has 4 nitrogen and oxygen atoms in total. The molecule has 0 saturated carbocycles. The van der Waals surface area contributed by atoms with Gasteiger partial charge in [-0.2, -0.15) is 0 Å². The molecule has 0 saturated heterocycles. The minimum Gasteiger partial charge on any atom is -0.465 e. The third-order valence-corrected chi connectivity index (χ3v) is 3.48. The van der Waals surface area contributed by atoms with Crippen LogP contribution in [0.3, 0.4) is 0 Å². The topological polar surface area (TPSA) is 50.4 Å². The van der Waals surface area contributed by atoms with E-state index in [9.17, 15) is 9.18 Å². The number of nitrogens with one attached hydrogen (secondary N) is 2. The van der Waals surface area contributed by atoms with Crippen molar-refractivity contribution in [3.63, 3.8) is 0 Å². The minimum absolute atomic E-state index is 0.0839. The molecule has 23 heavy (non-hydrogen) atoms. The molecule has 0 radical (unpaired) electrons. The van der Waals surface area contributed by atoms with Crippen molar-refractivity contribution in [2.75, 3.05) is 12.4 Å². The van der Waals surface area contributed by atoms with E-state index in [1.807, 2.05) is 6.92 Å². The van der Waals surface area contributed by atoms with Gasteiger partial charge in [-0.05, 0) is 55.0 Å². The second-order valence-electron chi connectivity index (χ2n) is 4.94. The van der Waals surface area contributed by atoms with Gasteiger partial charge in [0.15, 0.2) is 5.11 Å². The number of carbonyl (C=O) groups is 1. The maximum Gasteiger partial charge on any atom is 0.337 e. The van der Waals surface area contributed by atoms with Crippen LogP contribution in [0, 0.1) is 5.82 Å². The highest BCUT2D eigenvalue weighted by Crippen LogP contribution is 2.15. The highest BCUT2D eigenvalue weighted by atomic mass is 32.1. The van der Waals surface area contributed by atoms with Crippen molar-refractivity contribution < 1.29 is 13.9 Å². The number of rotatable bonds is 4. The van der Waals surface area contributed by atoms with E-state index in [0.717, 1.165) is 5.56 Å². The zero-order valence-corrected chi connectivity index (χ0v) is 13.6. The van der Waals surface area contributed by atoms with Crippen LogP contribution in [0.4, 0.5) is 10.1 Å². The van der Waals surface area contributed by atoms with E-state index in [1.165, 1.54) is 19.2 Å². The first-order valence-corrected chi connectivity index (χ1v) is 7.42. The lowest BCUT2D eigenvalue weighted by Gasteiger charge is -2.17. The zero-order chi connectivity index (χ0) is 16.8. The predicted molar refractivity (Wildman–Crippen MR) is 92.0 cm³/mol. The van der Waals surface area contributed by atoms with E-state index >= 15 is 0 Å². The molecule has 2 N–H and O–H groups in total. The lowest BCUT2D eigenvalue weighted by Crippen LogP contribution is -2.30. The number of hydrogen-bond acceptors (Lipinski definition) is 3. The third kappa shape index (κ3) is 4.75. The average Bonchev–Trinajstić information content (AvgIpc) is 2.54. The van der Waals surface area contributed by atoms with Crippen molar-refractivity contribution >= 4 is 29.0 Å². The summed E-state index contributed by atoms with van der Waals surface area (Å²) in [4.78, 5) is 11.5. The van der Waals surface area contributed by atoms with E-state index in [2.05, 4.69) is 15.4 Å². The Morgan fingerprint density at radius 3 is 2.57 bits per heavy atom. The van der Waals surface area contributed by atoms with Crippen molar-refractivity contribution in [2.45, 2.75) is 13.0 Å². The van der Waals surface area contributed by atoms with Crippen LogP contribution < -0.4 is 10.6 Å². The number of thiocarbonyl (C=S) groups is 1. The number of carbonyl (C=O) groups excluding carboxylic acids is 1. The summed E-state index contributed by atoms with van der Waals surface area (Å²) in [5.41, 5.74) is 2.03. The molecular weight excluding hydrogens is 315 g/mol. The van der Waals surface area contributed by atoms with E-state index < -0.39 is 5.97 Å². The molecule has 0 spiro atoms. The summed E-state index contributed by atoms with van der Waals surface area (Å²) in [7, 11) is 1.33. The fraction of sp³-hybridized carbons (Fsp3) is 0.176. The van der Waals surface area contributed by atoms with Gasteiger partial charge in [-0.15, -0.1) is 0 Å². The smallest absolute Gasteiger partial charge is 0.337 e. The fourth-order valence-corrected chi connectivity index (χ4v) is 2.34. The third-order valence-electron chi connectivity index (χ3n) is 3.26. The largest absolute Gasteiger partial charge is 0.465 e. The van der Waals surface area contributed by atoms with Crippen LogP contribution in [0.1, 0.15) is 28.9 Å². The Morgan fingerprint density at radius 1 is 1.22 bits per heavy atom. The molecule has 2 rings (SSSR count). The lowest BCUT2D eigenvalue weighted by atomic mass is 10.1. The van der Waals surface area contributed by atoms with Crippen LogP contribution in [0.15, 0.2) is 48.5 Å². The van der Waals surface area contributed by atoms with Crippen molar-refractivity contribution in [1.29, 1.82) is 0 Å². The molecule has 0 heterocycles. The molecule has 0 aliphatic carbocycles. The molecule has 2 aromatic carbocycles. The molecule has 6 heteroatoms. The molecule has 120 valence electrons. The average molecular weight is 332 g/mol. The molecule has 0 aliphatic heterocycles. The molecule has 0 amide bonds. The van der Waals surface area contributed by atoms with Crippen LogP contribution in [0.25, 0.3) is 0 Å². The number of hydrogen-bond donors (Lipinski definition) is 2. The van der Waals surface area contributed by atoms with E-state index in [1.54, 1.807) is 36.4 Å². The Kier molecular flexibility index (Phi) is 5.65. The van der Waals surface area contributed by atoms with E-state index in [-0.39, 0.29) is 11.9 Å². The van der Waals surface area contributed by atoms with E-state index in [4.69, 9.17) is 12.2 Å². The lowest BCUT2D eigenvalue weighted by molar-refractivity contribution is 0.0601. The number of ether oxygens (including phenoxy) is 1. The van der Waals surface area contributed by atoms with Crippen LogP contribution in [0.2, 0.25) is 0 Å². The quantitative estimate of drug-likeness (QED) is 0.661. The Balaban J connectivity index is 1.99. The number of esters is 1. The first-order valence-electron chi connectivity index (χ1n) is 7.01. The summed E-state index contributed by atoms with van der Waals surface area (Å²) in [5.74, 6) is -0.687. The van der Waals surface area contributed by atoms with Gasteiger partial charge in [0, 0.05) is 5.69 Å². The monoisotopic (exact) mass is 332 g/mol. The molecule has 1 atom stereocenters. The summed E-state index contributed by atoms with van der Waals surface area (Å²) in [6.07, 6.45) is 0. The minimum atomic E-state index is -0.410. The van der Waals surface area contributed by atoms with Gasteiger partial charge < -0.3 is 15.4 Å². The Bertz CT molecular complexity index is 704. The van der Waals surface area contributed by atoms with Gasteiger partial charge in [0.1, 0.15) is 5.82 Å². The summed E-state index contributed by atoms with van der Waals surface area (Å²) in [6, 6.07) is 13.0. The molecular formula is C17H17FN2O2S. The molecule has 2 aromatic rings. The summed E-state index contributed by atoms with van der Waals surface area (Å²) >= 11 is 5.26. The van der Waals surface area contributed by atoms with Crippen LogP contribution in [0.5, 0.6) is 0 Å². The number of halogens is 1. The molecule has 0 aliphatic rings. The van der Waals surface area contributed by atoms with Gasteiger partial charge in [-0.25, -0.2) is 9.18 Å². The fourth-order valence-electron chi connectivity index (χ4n) is 2.04. The van der Waals surface area contributed by atoms with Crippen molar-refractivity contribution in [2.24, 2.45) is 0 Å². The maximum absolute atomic E-state index is 12.9. The zero-order valence-electron chi connectivity index (χ0n) is 12.8. The Morgan fingerprint density at radius 2 is 1.91 bits per heavy atom. The Hall–Kier alpha value is -2.47. The van der Waals surface area contributed by atoms with Gasteiger partial charge >= 0.3 is 5.97 Å². The van der Waals surface area contributed by atoms with Crippen LogP contribution in [-0.2, 0) is 4.74 Å². The predicted octanol–water partition coefficient (Wildman–Crippen LogP) is 3.66. The first kappa shape index (κ1) is 16.9. The summed E-state index contributed by atoms with van der Waals surface area (Å²) < 4.78 is 17.6.